The Kier molecular flexibility index (Phi) is 6.50. The second-order valence-corrected chi connectivity index (χ2v) is 7.85. The maximum Gasteiger partial charge on any atom is 0.254 e. The fraction of sp³-hybridized carbons (Fsp3) is 0.231. The molecule has 0 bridgehead atoms. The Hall–Kier alpha value is -3.67. The van der Waals surface area contributed by atoms with E-state index in [1.165, 1.54) is 12.1 Å². The number of ether oxygens (including phenoxy) is 1. The van der Waals surface area contributed by atoms with Crippen molar-refractivity contribution in [1.29, 1.82) is 0 Å². The monoisotopic (exact) mass is 432 g/mol. The van der Waals surface area contributed by atoms with Gasteiger partial charge in [-0.25, -0.2) is 4.39 Å². The second kappa shape index (κ2) is 9.64. The van der Waals surface area contributed by atoms with Crippen LogP contribution >= 0.6 is 0 Å². The molecule has 1 amide bonds. The summed E-state index contributed by atoms with van der Waals surface area (Å²) in [5.74, 6) is 0.317. The van der Waals surface area contributed by atoms with Crippen molar-refractivity contribution in [2.45, 2.75) is 26.0 Å². The lowest BCUT2D eigenvalue weighted by atomic mass is 10.0. The van der Waals surface area contributed by atoms with Crippen LogP contribution in [-0.4, -0.2) is 36.3 Å². The van der Waals surface area contributed by atoms with Gasteiger partial charge in [-0.1, -0.05) is 47.1 Å². The van der Waals surface area contributed by atoms with Crippen LogP contribution in [0.15, 0.2) is 78.0 Å². The molecule has 1 heterocycles. The van der Waals surface area contributed by atoms with Gasteiger partial charge in [0.1, 0.15) is 11.6 Å². The molecule has 3 aromatic carbocycles. The molecule has 0 N–H and O–H groups in total. The number of rotatable bonds is 7. The predicted octanol–water partition coefficient (Wildman–Crippen LogP) is 4.98. The summed E-state index contributed by atoms with van der Waals surface area (Å²) in [5.41, 5.74) is 4.20. The molecule has 0 unspecified atom stereocenters. The van der Waals surface area contributed by atoms with E-state index in [2.05, 4.69) is 5.16 Å². The van der Waals surface area contributed by atoms with E-state index in [-0.39, 0.29) is 17.8 Å². The second-order valence-electron chi connectivity index (χ2n) is 7.85. The van der Waals surface area contributed by atoms with E-state index in [4.69, 9.17) is 9.57 Å². The van der Waals surface area contributed by atoms with E-state index >= 15 is 0 Å². The highest BCUT2D eigenvalue weighted by Gasteiger charge is 2.28. The van der Waals surface area contributed by atoms with Crippen LogP contribution in [0.3, 0.4) is 0 Å². The van der Waals surface area contributed by atoms with Gasteiger partial charge in [-0.15, -0.1) is 0 Å². The topological polar surface area (TPSA) is 51.1 Å². The Morgan fingerprint density at radius 3 is 2.53 bits per heavy atom. The van der Waals surface area contributed by atoms with E-state index in [0.717, 1.165) is 28.2 Å². The van der Waals surface area contributed by atoms with E-state index in [1.807, 2.05) is 55.5 Å². The summed E-state index contributed by atoms with van der Waals surface area (Å²) >= 11 is 0. The van der Waals surface area contributed by atoms with E-state index in [9.17, 15) is 9.18 Å². The fourth-order valence-electron chi connectivity index (χ4n) is 3.72. The van der Waals surface area contributed by atoms with E-state index < -0.39 is 0 Å². The number of amides is 1. The zero-order valence-corrected chi connectivity index (χ0v) is 18.1. The highest BCUT2D eigenvalue weighted by Crippen LogP contribution is 2.25. The van der Waals surface area contributed by atoms with Crippen LogP contribution in [-0.2, 0) is 11.4 Å². The Bertz CT molecular complexity index is 1110. The number of aryl methyl sites for hydroxylation is 1. The number of carbonyl (C=O) groups is 1. The van der Waals surface area contributed by atoms with Crippen LogP contribution in [0.25, 0.3) is 0 Å². The summed E-state index contributed by atoms with van der Waals surface area (Å²) in [5, 5.41) is 4.26. The normalized spacial score (nSPS) is 15.1. The van der Waals surface area contributed by atoms with Crippen molar-refractivity contribution in [2.24, 2.45) is 5.16 Å². The minimum atomic E-state index is -0.306. The van der Waals surface area contributed by atoms with Gasteiger partial charge in [-0.3, -0.25) is 4.79 Å². The van der Waals surface area contributed by atoms with Gasteiger partial charge < -0.3 is 14.5 Å². The lowest BCUT2D eigenvalue weighted by molar-refractivity contribution is 0.0405. The average Bonchev–Trinajstić information content (AvgIpc) is 3.28. The number of nitrogens with zero attached hydrogens (tertiary/aromatic N) is 2. The molecule has 0 aromatic heterocycles. The summed E-state index contributed by atoms with van der Waals surface area (Å²) in [6, 6.07) is 21.3. The Labute approximate surface area is 187 Å². The third kappa shape index (κ3) is 4.97. The van der Waals surface area contributed by atoms with Crippen molar-refractivity contribution in [3.8, 4) is 5.75 Å². The molecule has 1 aliphatic rings. The number of hydrogen-bond acceptors (Lipinski definition) is 4. The molecule has 6 heteroatoms. The van der Waals surface area contributed by atoms with Crippen LogP contribution in [0.1, 0.15) is 33.5 Å². The molecule has 1 atom stereocenters. The standard InChI is InChI=1S/C26H25FN2O3/c1-18-7-11-20(12-8-18)26(30)29(16-19-9-13-21(27)14-10-19)17-22-15-24(28-32-22)23-5-3-4-6-25(23)31-2/h3-14,22H,15-17H2,1-2H3/t22-/m0/s1. The third-order valence-corrected chi connectivity index (χ3v) is 5.45. The fourth-order valence-corrected chi connectivity index (χ4v) is 3.72. The molecular weight excluding hydrogens is 407 g/mol. The highest BCUT2D eigenvalue weighted by molar-refractivity contribution is 6.03. The number of carbonyl (C=O) groups excluding carboxylic acids is 1. The summed E-state index contributed by atoms with van der Waals surface area (Å²) in [6.07, 6.45) is 0.270. The van der Waals surface area contributed by atoms with Gasteiger partial charge in [0, 0.05) is 24.1 Å². The molecule has 0 fully saturated rings. The molecule has 0 saturated heterocycles. The lowest BCUT2D eigenvalue weighted by Crippen LogP contribution is -2.37. The van der Waals surface area contributed by atoms with Crippen LogP contribution in [0, 0.1) is 12.7 Å². The molecule has 4 rings (SSSR count). The summed E-state index contributed by atoms with van der Waals surface area (Å²) in [7, 11) is 1.62. The van der Waals surface area contributed by atoms with Crippen LogP contribution in [0.4, 0.5) is 4.39 Å². The number of hydrogen-bond donors (Lipinski definition) is 0. The lowest BCUT2D eigenvalue weighted by Gasteiger charge is -2.25. The van der Waals surface area contributed by atoms with Crippen LogP contribution < -0.4 is 4.74 Å². The summed E-state index contributed by atoms with van der Waals surface area (Å²) in [4.78, 5) is 20.7. The largest absolute Gasteiger partial charge is 0.496 e. The number of methoxy groups -OCH3 is 1. The van der Waals surface area contributed by atoms with Gasteiger partial charge in [0.25, 0.3) is 5.91 Å². The molecule has 0 aliphatic carbocycles. The van der Waals surface area contributed by atoms with Crippen molar-refractivity contribution in [3.63, 3.8) is 0 Å². The molecule has 5 nitrogen and oxygen atoms in total. The first-order valence-corrected chi connectivity index (χ1v) is 10.5. The SMILES string of the molecule is COc1ccccc1C1=NO[C@H](CN(Cc2ccc(F)cc2)C(=O)c2ccc(C)cc2)C1. The Balaban J connectivity index is 1.52. The van der Waals surface area contributed by atoms with Crippen molar-refractivity contribution in [3.05, 3.63) is 101 Å². The number of para-hydroxylation sites is 1. The Morgan fingerprint density at radius 1 is 1.09 bits per heavy atom. The van der Waals surface area contributed by atoms with Crippen molar-refractivity contribution >= 4 is 11.6 Å². The molecule has 164 valence electrons. The zero-order chi connectivity index (χ0) is 22.5. The average molecular weight is 432 g/mol. The van der Waals surface area contributed by atoms with Gasteiger partial charge in [0.15, 0.2) is 6.10 Å². The number of benzene rings is 3. The summed E-state index contributed by atoms with van der Waals surface area (Å²) in [6.45, 7) is 2.68. The molecule has 3 aromatic rings. The molecule has 0 radical (unpaired) electrons. The first-order valence-electron chi connectivity index (χ1n) is 10.5. The van der Waals surface area contributed by atoms with E-state index in [1.54, 1.807) is 24.1 Å². The van der Waals surface area contributed by atoms with Crippen LogP contribution in [0.2, 0.25) is 0 Å². The molecule has 1 aliphatic heterocycles. The van der Waals surface area contributed by atoms with Crippen molar-refractivity contribution in [2.75, 3.05) is 13.7 Å². The van der Waals surface area contributed by atoms with Gasteiger partial charge in [-0.2, -0.15) is 0 Å². The predicted molar refractivity (Wildman–Crippen MR) is 121 cm³/mol. The third-order valence-electron chi connectivity index (χ3n) is 5.45. The minimum absolute atomic E-state index is 0.108. The first-order chi connectivity index (χ1) is 15.5. The number of oxime groups is 1. The smallest absolute Gasteiger partial charge is 0.254 e. The summed E-state index contributed by atoms with van der Waals surface area (Å²) < 4.78 is 18.8. The quantitative estimate of drug-likeness (QED) is 0.529. The van der Waals surface area contributed by atoms with Gasteiger partial charge in [0.2, 0.25) is 0 Å². The van der Waals surface area contributed by atoms with Crippen LogP contribution in [0.5, 0.6) is 5.75 Å². The maximum atomic E-state index is 13.4. The number of halogens is 1. The van der Waals surface area contributed by atoms with Gasteiger partial charge in [-0.05, 0) is 48.9 Å². The highest BCUT2D eigenvalue weighted by atomic mass is 19.1. The van der Waals surface area contributed by atoms with Crippen molar-refractivity contribution in [1.82, 2.24) is 4.90 Å². The molecule has 32 heavy (non-hydrogen) atoms. The van der Waals surface area contributed by atoms with E-state index in [0.29, 0.717) is 25.1 Å². The first kappa shape index (κ1) is 21.6. The van der Waals surface area contributed by atoms with Gasteiger partial charge in [0.05, 0.1) is 19.4 Å². The Morgan fingerprint density at radius 2 is 1.81 bits per heavy atom. The minimum Gasteiger partial charge on any atom is -0.496 e. The van der Waals surface area contributed by atoms with Crippen molar-refractivity contribution < 1.29 is 18.8 Å². The molecule has 0 spiro atoms. The zero-order valence-electron chi connectivity index (χ0n) is 18.1. The molecular formula is C26H25FN2O3. The molecule has 0 saturated carbocycles. The maximum absolute atomic E-state index is 13.4. The van der Waals surface area contributed by atoms with Gasteiger partial charge >= 0.3 is 0 Å².